The lowest BCUT2D eigenvalue weighted by Gasteiger charge is -2.19. The van der Waals surface area contributed by atoms with Crippen LogP contribution in [0.1, 0.15) is 18.0 Å². The van der Waals surface area contributed by atoms with Crippen LogP contribution in [-0.2, 0) is 0 Å². The van der Waals surface area contributed by atoms with E-state index in [0.717, 1.165) is 13.1 Å². The quantitative estimate of drug-likeness (QED) is 0.848. The number of hydrogen-bond acceptors (Lipinski definition) is 2. The number of nitrogens with two attached hydrogens (primary N) is 1. The zero-order chi connectivity index (χ0) is 9.97. The summed E-state index contributed by atoms with van der Waals surface area (Å²) in [5, 5.41) is 3.50. The Labute approximate surface area is 93.0 Å². The Hall–Kier alpha value is -0.380. The maximum Gasteiger partial charge on any atom is 0.0372 e. The number of halogens is 1. The summed E-state index contributed by atoms with van der Waals surface area (Å²) in [5.74, 6) is 0.577. The molecule has 3 heteroatoms. The van der Waals surface area contributed by atoms with Gasteiger partial charge in [0.15, 0.2) is 0 Å². The Morgan fingerprint density at radius 1 is 1.43 bits per heavy atom. The van der Waals surface area contributed by atoms with Crippen LogP contribution >= 0.6 is 15.9 Å². The summed E-state index contributed by atoms with van der Waals surface area (Å²) >= 11 is 3.58. The summed E-state index contributed by atoms with van der Waals surface area (Å²) in [6.07, 6.45) is 1.18. The van der Waals surface area contributed by atoms with Gasteiger partial charge in [-0.05, 0) is 37.1 Å². The lowest BCUT2D eigenvalue weighted by atomic mass is 9.94. The second kappa shape index (κ2) is 4.43. The van der Waals surface area contributed by atoms with E-state index in [-0.39, 0.29) is 0 Å². The van der Waals surface area contributed by atoms with Crippen LogP contribution in [0, 0.1) is 5.92 Å². The van der Waals surface area contributed by atoms with E-state index in [4.69, 9.17) is 5.73 Å². The third-order valence-electron chi connectivity index (χ3n) is 2.89. The first-order valence-corrected chi connectivity index (χ1v) is 5.80. The van der Waals surface area contributed by atoms with Crippen LogP contribution in [0.3, 0.4) is 0 Å². The van der Waals surface area contributed by atoms with Crippen molar-refractivity contribution in [3.8, 4) is 0 Å². The van der Waals surface area contributed by atoms with Crippen molar-refractivity contribution in [2.24, 2.45) is 11.7 Å². The summed E-state index contributed by atoms with van der Waals surface area (Å²) in [6.45, 7) is 1.84. The molecule has 2 unspecified atom stereocenters. The lowest BCUT2D eigenvalue weighted by Crippen LogP contribution is -2.23. The molecule has 1 aromatic carbocycles. The third-order valence-corrected chi connectivity index (χ3v) is 3.62. The average molecular weight is 255 g/mol. The molecular formula is C11H15BrN2. The zero-order valence-electron chi connectivity index (χ0n) is 8.04. The Bertz CT molecular complexity index is 314. The first-order chi connectivity index (χ1) is 6.83. The molecule has 2 nitrogen and oxygen atoms in total. The van der Waals surface area contributed by atoms with Crippen LogP contribution in [0.4, 0.5) is 0 Å². The summed E-state index contributed by atoms with van der Waals surface area (Å²) in [6, 6.07) is 8.79. The monoisotopic (exact) mass is 254 g/mol. The van der Waals surface area contributed by atoms with E-state index in [2.05, 4.69) is 39.4 Å². The van der Waals surface area contributed by atoms with Crippen LogP contribution < -0.4 is 11.1 Å². The van der Waals surface area contributed by atoms with Crippen LogP contribution in [0.15, 0.2) is 28.7 Å². The summed E-state index contributed by atoms with van der Waals surface area (Å²) < 4.78 is 1.18. The number of rotatable bonds is 2. The minimum absolute atomic E-state index is 0.426. The minimum Gasteiger partial charge on any atom is -0.330 e. The first kappa shape index (κ1) is 10.1. The molecule has 0 amide bonds. The maximum atomic E-state index is 5.76. The van der Waals surface area contributed by atoms with E-state index < -0.39 is 0 Å². The molecule has 3 N–H and O–H groups in total. The molecule has 0 spiro atoms. The second-order valence-corrected chi connectivity index (χ2v) is 4.59. The van der Waals surface area contributed by atoms with Gasteiger partial charge in [-0.2, -0.15) is 0 Å². The Balaban J connectivity index is 2.26. The molecule has 2 atom stereocenters. The number of benzene rings is 1. The van der Waals surface area contributed by atoms with E-state index in [1.54, 1.807) is 0 Å². The van der Waals surface area contributed by atoms with E-state index in [1.807, 2.05) is 6.07 Å². The van der Waals surface area contributed by atoms with Crippen molar-refractivity contribution in [1.82, 2.24) is 5.32 Å². The van der Waals surface area contributed by atoms with E-state index >= 15 is 0 Å². The second-order valence-electron chi connectivity index (χ2n) is 3.74. The summed E-state index contributed by atoms with van der Waals surface area (Å²) in [5.41, 5.74) is 7.09. The Morgan fingerprint density at radius 2 is 2.21 bits per heavy atom. The molecule has 0 radical (unpaired) electrons. The van der Waals surface area contributed by atoms with Gasteiger partial charge in [-0.3, -0.25) is 0 Å². The van der Waals surface area contributed by atoms with Gasteiger partial charge in [0, 0.05) is 10.5 Å². The van der Waals surface area contributed by atoms with Gasteiger partial charge in [0.2, 0.25) is 0 Å². The smallest absolute Gasteiger partial charge is 0.0372 e. The fourth-order valence-corrected chi connectivity index (χ4v) is 2.63. The fraction of sp³-hybridized carbons (Fsp3) is 0.455. The highest BCUT2D eigenvalue weighted by Crippen LogP contribution is 2.32. The molecule has 2 rings (SSSR count). The molecule has 14 heavy (non-hydrogen) atoms. The number of nitrogens with one attached hydrogen (secondary N) is 1. The van der Waals surface area contributed by atoms with Gasteiger partial charge in [-0.25, -0.2) is 0 Å². The van der Waals surface area contributed by atoms with Gasteiger partial charge in [0.1, 0.15) is 0 Å². The molecule has 1 aliphatic heterocycles. The molecule has 0 saturated carbocycles. The highest BCUT2D eigenvalue weighted by atomic mass is 79.9. The van der Waals surface area contributed by atoms with E-state index in [1.165, 1.54) is 16.5 Å². The van der Waals surface area contributed by atoms with Crippen molar-refractivity contribution in [3.63, 3.8) is 0 Å². The first-order valence-electron chi connectivity index (χ1n) is 5.01. The zero-order valence-corrected chi connectivity index (χ0v) is 9.63. The molecule has 1 saturated heterocycles. The van der Waals surface area contributed by atoms with Crippen LogP contribution in [-0.4, -0.2) is 13.1 Å². The summed E-state index contributed by atoms with van der Waals surface area (Å²) in [4.78, 5) is 0. The minimum atomic E-state index is 0.426. The molecular weight excluding hydrogens is 240 g/mol. The van der Waals surface area contributed by atoms with Crippen molar-refractivity contribution in [2.45, 2.75) is 12.5 Å². The van der Waals surface area contributed by atoms with Crippen molar-refractivity contribution in [2.75, 3.05) is 13.1 Å². The topological polar surface area (TPSA) is 38.0 Å². The van der Waals surface area contributed by atoms with Gasteiger partial charge in [0.05, 0.1) is 0 Å². The average Bonchev–Trinajstić information content (AvgIpc) is 2.66. The molecule has 1 aromatic rings. The predicted molar refractivity (Wildman–Crippen MR) is 62.0 cm³/mol. The SMILES string of the molecule is NCC1CCNC1c1ccccc1Br. The van der Waals surface area contributed by atoms with Gasteiger partial charge < -0.3 is 11.1 Å². The normalized spacial score (nSPS) is 26.7. The van der Waals surface area contributed by atoms with Gasteiger partial charge in [-0.15, -0.1) is 0 Å². The fourth-order valence-electron chi connectivity index (χ4n) is 2.10. The Morgan fingerprint density at radius 3 is 2.93 bits per heavy atom. The standard InChI is InChI=1S/C11H15BrN2/c12-10-4-2-1-3-9(10)11-8(7-13)5-6-14-11/h1-4,8,11,14H,5-7,13H2. The molecule has 1 heterocycles. The van der Waals surface area contributed by atoms with E-state index in [9.17, 15) is 0 Å². The molecule has 0 aliphatic carbocycles. The van der Waals surface area contributed by atoms with Crippen molar-refractivity contribution < 1.29 is 0 Å². The lowest BCUT2D eigenvalue weighted by molar-refractivity contribution is 0.471. The third kappa shape index (κ3) is 1.85. The molecule has 76 valence electrons. The number of hydrogen-bond donors (Lipinski definition) is 2. The van der Waals surface area contributed by atoms with Crippen molar-refractivity contribution in [1.29, 1.82) is 0 Å². The van der Waals surface area contributed by atoms with Gasteiger partial charge in [0.25, 0.3) is 0 Å². The molecule has 0 bridgehead atoms. The van der Waals surface area contributed by atoms with Gasteiger partial charge in [-0.1, -0.05) is 34.1 Å². The largest absolute Gasteiger partial charge is 0.330 e. The highest BCUT2D eigenvalue weighted by molar-refractivity contribution is 9.10. The van der Waals surface area contributed by atoms with Crippen LogP contribution in [0.5, 0.6) is 0 Å². The highest BCUT2D eigenvalue weighted by Gasteiger charge is 2.27. The molecule has 0 aromatic heterocycles. The van der Waals surface area contributed by atoms with Crippen LogP contribution in [0.2, 0.25) is 0 Å². The molecule has 1 aliphatic rings. The Kier molecular flexibility index (Phi) is 3.21. The van der Waals surface area contributed by atoms with E-state index in [0.29, 0.717) is 12.0 Å². The van der Waals surface area contributed by atoms with Crippen molar-refractivity contribution >= 4 is 15.9 Å². The maximum absolute atomic E-state index is 5.76. The van der Waals surface area contributed by atoms with Crippen molar-refractivity contribution in [3.05, 3.63) is 34.3 Å². The summed E-state index contributed by atoms with van der Waals surface area (Å²) in [7, 11) is 0. The van der Waals surface area contributed by atoms with Gasteiger partial charge >= 0.3 is 0 Å². The predicted octanol–water partition coefficient (Wildman–Crippen LogP) is 2.06. The van der Waals surface area contributed by atoms with Crippen LogP contribution in [0.25, 0.3) is 0 Å². The molecule has 1 fully saturated rings.